The SMILES string of the molecule is CN1CCCCC12CCN(C(=O)OC(C)(C)C)CC2. The van der Waals surface area contributed by atoms with Crippen LogP contribution in [-0.4, -0.2) is 53.7 Å². The van der Waals surface area contributed by atoms with Crippen LogP contribution in [0.25, 0.3) is 0 Å². The number of carbonyl (C=O) groups excluding carboxylic acids is 1. The number of carbonyl (C=O) groups is 1. The monoisotopic (exact) mass is 268 g/mol. The lowest BCUT2D eigenvalue weighted by Crippen LogP contribution is -2.57. The molecule has 110 valence electrons. The Morgan fingerprint density at radius 3 is 2.21 bits per heavy atom. The summed E-state index contributed by atoms with van der Waals surface area (Å²) in [6, 6.07) is 0. The van der Waals surface area contributed by atoms with Gasteiger partial charge in [0.1, 0.15) is 5.60 Å². The van der Waals surface area contributed by atoms with Crippen molar-refractivity contribution in [3.63, 3.8) is 0 Å². The Kier molecular flexibility index (Phi) is 4.09. The smallest absolute Gasteiger partial charge is 0.410 e. The molecule has 2 aliphatic heterocycles. The summed E-state index contributed by atoms with van der Waals surface area (Å²) >= 11 is 0. The number of ether oxygens (including phenoxy) is 1. The van der Waals surface area contributed by atoms with Crippen LogP contribution in [0, 0.1) is 0 Å². The van der Waals surface area contributed by atoms with Gasteiger partial charge in [-0.05, 0) is 60.0 Å². The van der Waals surface area contributed by atoms with Crippen LogP contribution >= 0.6 is 0 Å². The molecule has 2 heterocycles. The highest BCUT2D eigenvalue weighted by atomic mass is 16.6. The molecule has 0 atom stereocenters. The Bertz CT molecular complexity index is 328. The van der Waals surface area contributed by atoms with E-state index in [-0.39, 0.29) is 6.09 Å². The predicted molar refractivity (Wildman–Crippen MR) is 76.3 cm³/mol. The summed E-state index contributed by atoms with van der Waals surface area (Å²) in [7, 11) is 2.24. The van der Waals surface area contributed by atoms with Crippen molar-refractivity contribution in [2.75, 3.05) is 26.7 Å². The van der Waals surface area contributed by atoms with Crippen LogP contribution < -0.4 is 0 Å². The van der Waals surface area contributed by atoms with Gasteiger partial charge in [0.2, 0.25) is 0 Å². The van der Waals surface area contributed by atoms with E-state index in [0.717, 1.165) is 25.9 Å². The number of nitrogens with zero attached hydrogens (tertiary/aromatic N) is 2. The molecule has 0 aromatic heterocycles. The van der Waals surface area contributed by atoms with Crippen LogP contribution in [0.15, 0.2) is 0 Å². The quantitative estimate of drug-likeness (QED) is 0.677. The van der Waals surface area contributed by atoms with Crippen LogP contribution in [-0.2, 0) is 4.74 Å². The van der Waals surface area contributed by atoms with Gasteiger partial charge in [0.25, 0.3) is 0 Å². The molecule has 0 aromatic rings. The van der Waals surface area contributed by atoms with Gasteiger partial charge in [-0.3, -0.25) is 0 Å². The molecule has 2 fully saturated rings. The molecule has 0 N–H and O–H groups in total. The second-order valence-corrected chi connectivity index (χ2v) is 7.07. The summed E-state index contributed by atoms with van der Waals surface area (Å²) in [6.45, 7) is 8.63. The molecule has 0 bridgehead atoms. The second-order valence-electron chi connectivity index (χ2n) is 7.07. The van der Waals surface area contributed by atoms with Gasteiger partial charge in [-0.2, -0.15) is 0 Å². The van der Waals surface area contributed by atoms with E-state index in [9.17, 15) is 4.79 Å². The minimum atomic E-state index is -0.395. The van der Waals surface area contributed by atoms with E-state index in [0.29, 0.717) is 5.54 Å². The van der Waals surface area contributed by atoms with Crippen LogP contribution in [0.3, 0.4) is 0 Å². The van der Waals surface area contributed by atoms with Gasteiger partial charge in [-0.15, -0.1) is 0 Å². The van der Waals surface area contributed by atoms with Gasteiger partial charge in [0.05, 0.1) is 0 Å². The zero-order valence-electron chi connectivity index (χ0n) is 12.9. The van der Waals surface area contributed by atoms with Crippen molar-refractivity contribution in [2.45, 2.75) is 64.0 Å². The third-order valence-electron chi connectivity index (χ3n) is 4.54. The van der Waals surface area contributed by atoms with Gasteiger partial charge in [0.15, 0.2) is 0 Å². The third-order valence-corrected chi connectivity index (χ3v) is 4.54. The van der Waals surface area contributed by atoms with Crippen molar-refractivity contribution in [3.8, 4) is 0 Å². The number of rotatable bonds is 0. The van der Waals surface area contributed by atoms with E-state index >= 15 is 0 Å². The highest BCUT2D eigenvalue weighted by molar-refractivity contribution is 5.68. The van der Waals surface area contributed by atoms with Gasteiger partial charge >= 0.3 is 6.09 Å². The fourth-order valence-corrected chi connectivity index (χ4v) is 3.29. The molecule has 2 rings (SSSR count). The maximum Gasteiger partial charge on any atom is 0.410 e. The van der Waals surface area contributed by atoms with E-state index in [1.54, 1.807) is 0 Å². The fraction of sp³-hybridized carbons (Fsp3) is 0.933. The number of amides is 1. The molecule has 19 heavy (non-hydrogen) atoms. The number of likely N-dealkylation sites (tertiary alicyclic amines) is 2. The summed E-state index contributed by atoms with van der Waals surface area (Å²) in [5, 5.41) is 0. The van der Waals surface area contributed by atoms with Crippen molar-refractivity contribution in [2.24, 2.45) is 0 Å². The minimum absolute atomic E-state index is 0.152. The average Bonchev–Trinajstić information content (AvgIpc) is 2.32. The van der Waals surface area contributed by atoms with Gasteiger partial charge in [-0.25, -0.2) is 4.79 Å². The Balaban J connectivity index is 1.90. The first-order valence-electron chi connectivity index (χ1n) is 7.52. The molecule has 0 unspecified atom stereocenters. The summed E-state index contributed by atoms with van der Waals surface area (Å²) in [6.07, 6.45) is 5.95. The Morgan fingerprint density at radius 1 is 1.05 bits per heavy atom. The zero-order chi connectivity index (χ0) is 14.1. The lowest BCUT2D eigenvalue weighted by atomic mass is 9.79. The highest BCUT2D eigenvalue weighted by Crippen LogP contribution is 2.36. The van der Waals surface area contributed by atoms with Gasteiger partial charge < -0.3 is 14.5 Å². The first-order valence-corrected chi connectivity index (χ1v) is 7.52. The molecule has 1 spiro atoms. The predicted octanol–water partition coefficient (Wildman–Crippen LogP) is 2.87. The van der Waals surface area contributed by atoms with E-state index in [1.807, 2.05) is 25.7 Å². The van der Waals surface area contributed by atoms with Gasteiger partial charge in [-0.1, -0.05) is 6.42 Å². The first-order chi connectivity index (χ1) is 8.82. The summed E-state index contributed by atoms with van der Waals surface area (Å²) in [5.74, 6) is 0. The van der Waals surface area contributed by atoms with Crippen LogP contribution in [0.5, 0.6) is 0 Å². The van der Waals surface area contributed by atoms with E-state index in [4.69, 9.17) is 4.74 Å². The minimum Gasteiger partial charge on any atom is -0.444 e. The third kappa shape index (κ3) is 3.41. The Hall–Kier alpha value is -0.770. The number of hydrogen-bond donors (Lipinski definition) is 0. The molecule has 2 aliphatic rings. The largest absolute Gasteiger partial charge is 0.444 e. The second kappa shape index (κ2) is 5.31. The van der Waals surface area contributed by atoms with Crippen molar-refractivity contribution in [3.05, 3.63) is 0 Å². The van der Waals surface area contributed by atoms with Crippen molar-refractivity contribution in [1.82, 2.24) is 9.80 Å². The summed E-state index contributed by atoms with van der Waals surface area (Å²) in [5.41, 5.74) is -0.0510. The van der Waals surface area contributed by atoms with Crippen LogP contribution in [0.1, 0.15) is 52.9 Å². The maximum absolute atomic E-state index is 12.1. The molecular weight excluding hydrogens is 240 g/mol. The van der Waals surface area contributed by atoms with E-state index in [2.05, 4.69) is 11.9 Å². The van der Waals surface area contributed by atoms with E-state index in [1.165, 1.54) is 25.8 Å². The fourth-order valence-electron chi connectivity index (χ4n) is 3.29. The zero-order valence-corrected chi connectivity index (χ0v) is 12.9. The van der Waals surface area contributed by atoms with Crippen molar-refractivity contribution in [1.29, 1.82) is 0 Å². The number of piperidine rings is 2. The van der Waals surface area contributed by atoms with Crippen LogP contribution in [0.2, 0.25) is 0 Å². The normalized spacial score (nSPS) is 24.5. The summed E-state index contributed by atoms with van der Waals surface area (Å²) < 4.78 is 5.45. The van der Waals surface area contributed by atoms with E-state index < -0.39 is 5.60 Å². The first kappa shape index (κ1) is 14.6. The molecule has 0 aromatic carbocycles. The standard InChI is InChI=1S/C15H28N2O2/c1-14(2,3)19-13(18)17-11-8-15(9-12-17)7-5-6-10-16(15)4/h5-12H2,1-4H3. The molecule has 4 nitrogen and oxygen atoms in total. The number of hydrogen-bond acceptors (Lipinski definition) is 3. The molecule has 2 saturated heterocycles. The Labute approximate surface area is 117 Å². The molecule has 0 saturated carbocycles. The highest BCUT2D eigenvalue weighted by Gasteiger charge is 2.40. The van der Waals surface area contributed by atoms with Crippen molar-refractivity contribution < 1.29 is 9.53 Å². The lowest BCUT2D eigenvalue weighted by Gasteiger charge is -2.50. The Morgan fingerprint density at radius 2 is 1.68 bits per heavy atom. The van der Waals surface area contributed by atoms with Crippen molar-refractivity contribution >= 4 is 6.09 Å². The summed E-state index contributed by atoms with van der Waals surface area (Å²) in [4.78, 5) is 16.4. The molecule has 0 aliphatic carbocycles. The topological polar surface area (TPSA) is 32.8 Å². The molecule has 4 heteroatoms. The lowest BCUT2D eigenvalue weighted by molar-refractivity contribution is -0.0123. The molecule has 1 amide bonds. The van der Waals surface area contributed by atoms with Crippen LogP contribution in [0.4, 0.5) is 4.79 Å². The molecule has 0 radical (unpaired) electrons. The maximum atomic E-state index is 12.1. The van der Waals surface area contributed by atoms with Gasteiger partial charge in [0, 0.05) is 18.6 Å². The molecular formula is C15H28N2O2. The average molecular weight is 268 g/mol.